The molecule has 0 saturated carbocycles. The maximum absolute atomic E-state index is 12.2. The third-order valence-corrected chi connectivity index (χ3v) is 3.69. The smallest absolute Gasteiger partial charge is 0.422 e. The average molecular weight is 444 g/mol. The van der Waals surface area contributed by atoms with Crippen molar-refractivity contribution in [1.29, 1.82) is 0 Å². The van der Waals surface area contributed by atoms with Gasteiger partial charge in [-0.05, 0) is 0 Å². The van der Waals surface area contributed by atoms with Crippen LogP contribution in [0.15, 0.2) is 0 Å². The highest BCUT2D eigenvalue weighted by Crippen LogP contribution is 2.28. The second-order valence-electron chi connectivity index (χ2n) is 5.98. The maximum Gasteiger partial charge on any atom is 0.422 e. The summed E-state index contributed by atoms with van der Waals surface area (Å²) in [6, 6.07) is 0. The molecule has 1 aliphatic rings. The molecule has 0 aromatic carbocycles. The lowest BCUT2D eigenvalue weighted by Crippen LogP contribution is -2.58. The number of rotatable bonds is 7. The van der Waals surface area contributed by atoms with Crippen LogP contribution < -0.4 is 0 Å². The number of halogens is 6. The van der Waals surface area contributed by atoms with Crippen LogP contribution in [0.4, 0.5) is 26.3 Å². The van der Waals surface area contributed by atoms with E-state index in [2.05, 4.69) is 14.2 Å². The molecule has 1 aliphatic heterocycles. The Labute approximate surface area is 159 Å². The standard InChI is InChI=1S/C14H18F6O9/c1-26-12-9(23)8(22)7(21)6(29-12)2-5(10(24)27-3-13(15,16)17)11(25)28-4-14(18,19)20/h5-9,12,21-23H,2-4H2,1H3/t6?,7-,8+,9?,12+/m1/s1. The zero-order chi connectivity index (χ0) is 22.6. The number of carbonyl (C=O) groups is 2. The first-order valence-corrected chi connectivity index (χ1v) is 7.85. The Kier molecular flexibility index (Phi) is 8.64. The van der Waals surface area contributed by atoms with Crippen molar-refractivity contribution in [2.24, 2.45) is 5.92 Å². The molecule has 1 heterocycles. The normalized spacial score (nSPS) is 28.3. The number of esters is 2. The van der Waals surface area contributed by atoms with Gasteiger partial charge in [0.15, 0.2) is 25.4 Å². The number of aliphatic hydroxyl groups excluding tert-OH is 3. The number of alkyl halides is 6. The third-order valence-electron chi connectivity index (χ3n) is 3.69. The van der Waals surface area contributed by atoms with E-state index in [0.717, 1.165) is 7.11 Å². The van der Waals surface area contributed by atoms with Gasteiger partial charge in [-0.25, -0.2) is 0 Å². The molecule has 9 nitrogen and oxygen atoms in total. The molecule has 0 bridgehead atoms. The maximum atomic E-state index is 12.2. The Morgan fingerprint density at radius 3 is 1.72 bits per heavy atom. The van der Waals surface area contributed by atoms with Crippen LogP contribution in [0.1, 0.15) is 6.42 Å². The van der Waals surface area contributed by atoms with Crippen LogP contribution in [0.3, 0.4) is 0 Å². The molecular formula is C14H18F6O9. The zero-order valence-electron chi connectivity index (χ0n) is 14.6. The van der Waals surface area contributed by atoms with Crippen molar-refractivity contribution in [1.82, 2.24) is 0 Å². The molecule has 0 spiro atoms. The molecule has 5 atom stereocenters. The number of hydrogen-bond donors (Lipinski definition) is 3. The minimum absolute atomic E-state index is 1.02. The van der Waals surface area contributed by atoms with Crippen molar-refractivity contribution in [3.8, 4) is 0 Å². The van der Waals surface area contributed by atoms with Gasteiger partial charge in [0.25, 0.3) is 0 Å². The molecule has 170 valence electrons. The van der Waals surface area contributed by atoms with Gasteiger partial charge in [-0.3, -0.25) is 9.59 Å². The van der Waals surface area contributed by atoms with E-state index >= 15 is 0 Å². The van der Waals surface area contributed by atoms with Crippen LogP contribution in [0.2, 0.25) is 0 Å². The van der Waals surface area contributed by atoms with Gasteiger partial charge in [-0.2, -0.15) is 26.3 Å². The Bertz CT molecular complexity index is 535. The Hall–Kier alpha value is -1.68. The Morgan fingerprint density at radius 2 is 1.34 bits per heavy atom. The van der Waals surface area contributed by atoms with E-state index in [-0.39, 0.29) is 0 Å². The summed E-state index contributed by atoms with van der Waals surface area (Å²) < 4.78 is 90.7. The predicted octanol–water partition coefficient (Wildman–Crippen LogP) is -0.342. The van der Waals surface area contributed by atoms with Gasteiger partial charge in [0.1, 0.15) is 18.3 Å². The van der Waals surface area contributed by atoms with E-state index in [0.29, 0.717) is 0 Å². The number of hydrogen-bond acceptors (Lipinski definition) is 9. The highest BCUT2D eigenvalue weighted by molar-refractivity contribution is 5.95. The van der Waals surface area contributed by atoms with Crippen molar-refractivity contribution < 1.29 is 70.2 Å². The van der Waals surface area contributed by atoms with Crippen molar-refractivity contribution in [3.05, 3.63) is 0 Å². The lowest BCUT2D eigenvalue weighted by molar-refractivity contribution is -0.292. The fraction of sp³-hybridized carbons (Fsp3) is 0.857. The van der Waals surface area contributed by atoms with Crippen molar-refractivity contribution in [3.63, 3.8) is 0 Å². The van der Waals surface area contributed by atoms with E-state index < -0.39 is 80.5 Å². The minimum Gasteiger partial charge on any atom is -0.455 e. The number of methoxy groups -OCH3 is 1. The second-order valence-corrected chi connectivity index (χ2v) is 5.98. The molecule has 1 fully saturated rings. The first kappa shape index (κ1) is 25.4. The second kappa shape index (κ2) is 9.88. The van der Waals surface area contributed by atoms with Crippen LogP contribution in [-0.4, -0.2) is 90.6 Å². The minimum atomic E-state index is -4.99. The van der Waals surface area contributed by atoms with Gasteiger partial charge in [-0.15, -0.1) is 0 Å². The predicted molar refractivity (Wildman–Crippen MR) is 75.8 cm³/mol. The first-order valence-electron chi connectivity index (χ1n) is 7.85. The topological polar surface area (TPSA) is 132 Å². The van der Waals surface area contributed by atoms with E-state index in [1.807, 2.05) is 0 Å². The summed E-state index contributed by atoms with van der Waals surface area (Å²) >= 11 is 0. The molecule has 0 amide bonds. The molecule has 1 rings (SSSR count). The van der Waals surface area contributed by atoms with Crippen LogP contribution in [0, 0.1) is 5.92 Å². The molecule has 0 aromatic rings. The Balaban J connectivity index is 2.97. The van der Waals surface area contributed by atoms with Gasteiger partial charge < -0.3 is 34.3 Å². The fourth-order valence-electron chi connectivity index (χ4n) is 2.33. The largest absolute Gasteiger partial charge is 0.455 e. The molecule has 0 aliphatic carbocycles. The Morgan fingerprint density at radius 1 is 0.897 bits per heavy atom. The summed E-state index contributed by atoms with van der Waals surface area (Å²) in [7, 11) is 1.02. The summed E-state index contributed by atoms with van der Waals surface area (Å²) in [5.74, 6) is -6.14. The van der Waals surface area contributed by atoms with Crippen LogP contribution in [0.25, 0.3) is 0 Å². The number of ether oxygens (including phenoxy) is 4. The average Bonchev–Trinajstić information content (AvgIpc) is 2.60. The van der Waals surface area contributed by atoms with Gasteiger partial charge in [-0.1, -0.05) is 0 Å². The van der Waals surface area contributed by atoms with E-state index in [1.165, 1.54) is 0 Å². The summed E-state index contributed by atoms with van der Waals surface area (Å²) in [5, 5.41) is 29.3. The summed E-state index contributed by atoms with van der Waals surface area (Å²) in [6.07, 6.45) is -19.9. The summed E-state index contributed by atoms with van der Waals surface area (Å²) in [4.78, 5) is 23.7. The third kappa shape index (κ3) is 7.93. The summed E-state index contributed by atoms with van der Waals surface area (Å²) in [5.41, 5.74) is 0. The van der Waals surface area contributed by atoms with Gasteiger partial charge in [0.05, 0.1) is 6.10 Å². The molecule has 0 radical (unpaired) electrons. The van der Waals surface area contributed by atoms with Gasteiger partial charge >= 0.3 is 24.3 Å². The van der Waals surface area contributed by atoms with E-state index in [9.17, 15) is 51.3 Å². The molecule has 0 aromatic heterocycles. The first-order chi connectivity index (χ1) is 13.2. The lowest BCUT2D eigenvalue weighted by atomic mass is 9.91. The summed E-state index contributed by atoms with van der Waals surface area (Å²) in [6.45, 7) is -4.27. The zero-order valence-corrected chi connectivity index (χ0v) is 14.6. The number of aliphatic hydroxyl groups is 3. The molecule has 3 N–H and O–H groups in total. The van der Waals surface area contributed by atoms with Crippen molar-refractivity contribution >= 4 is 11.9 Å². The number of carbonyl (C=O) groups excluding carboxylic acids is 2. The highest BCUT2D eigenvalue weighted by Gasteiger charge is 2.47. The van der Waals surface area contributed by atoms with Crippen LogP contribution in [0.5, 0.6) is 0 Å². The molecule has 15 heteroatoms. The SMILES string of the molecule is CO[C@H]1OC(CC(C(=O)OCC(F)(F)F)C(=O)OCC(F)(F)F)[C@@H](O)[C@H](O)C1O. The van der Waals surface area contributed by atoms with Gasteiger partial charge in [0.2, 0.25) is 0 Å². The molecule has 29 heavy (non-hydrogen) atoms. The highest BCUT2D eigenvalue weighted by atomic mass is 19.4. The van der Waals surface area contributed by atoms with Crippen molar-refractivity contribution in [2.75, 3.05) is 20.3 Å². The lowest BCUT2D eigenvalue weighted by Gasteiger charge is -2.40. The quantitative estimate of drug-likeness (QED) is 0.274. The van der Waals surface area contributed by atoms with Gasteiger partial charge in [0, 0.05) is 13.5 Å². The monoisotopic (exact) mass is 444 g/mol. The van der Waals surface area contributed by atoms with Crippen molar-refractivity contribution in [2.45, 2.75) is 49.5 Å². The molecule has 1 saturated heterocycles. The molecular weight excluding hydrogens is 426 g/mol. The van der Waals surface area contributed by atoms with E-state index in [1.54, 1.807) is 0 Å². The molecule has 2 unspecified atom stereocenters. The van der Waals surface area contributed by atoms with Crippen LogP contribution in [-0.2, 0) is 28.5 Å². The fourth-order valence-corrected chi connectivity index (χ4v) is 2.33. The van der Waals surface area contributed by atoms with Crippen LogP contribution >= 0.6 is 0 Å². The van der Waals surface area contributed by atoms with E-state index in [4.69, 9.17) is 4.74 Å².